The van der Waals surface area contributed by atoms with Crippen LogP contribution in [-0.4, -0.2) is 14.4 Å². The first-order valence-electron chi connectivity index (χ1n) is 16.4. The predicted octanol–water partition coefficient (Wildman–Crippen LogP) is 12.3. The van der Waals surface area contributed by atoms with E-state index in [1.807, 2.05) is 47.7 Å². The molecule has 0 aliphatic rings. The Labute approximate surface area is 284 Å². The van der Waals surface area contributed by atoms with E-state index in [2.05, 4.69) is 120 Å². The first-order valence-corrected chi connectivity index (χ1v) is 17.2. The zero-order chi connectivity index (χ0) is 32.1. The number of rotatable bonds is 3. The van der Waals surface area contributed by atoms with E-state index in [1.165, 1.54) is 58.6 Å². The Hall–Kier alpha value is -6.30. The van der Waals surface area contributed by atoms with Crippen LogP contribution in [0, 0.1) is 0 Å². The molecule has 228 valence electrons. The lowest BCUT2D eigenvalue weighted by molar-refractivity contribution is 0.667. The number of benzene rings is 6. The molecule has 0 aliphatic carbocycles. The summed E-state index contributed by atoms with van der Waals surface area (Å²) in [6, 6.07) is 53.5. The second-order valence-electron chi connectivity index (χ2n) is 12.5. The lowest BCUT2D eigenvalue weighted by Crippen LogP contribution is -1.95. The molecule has 6 aromatic carbocycles. The third-order valence-corrected chi connectivity index (χ3v) is 10.9. The third kappa shape index (κ3) is 3.79. The van der Waals surface area contributed by atoms with Crippen LogP contribution in [0.4, 0.5) is 0 Å². The van der Waals surface area contributed by atoms with Crippen molar-refractivity contribution in [3.05, 3.63) is 152 Å². The minimum absolute atomic E-state index is 0.677. The van der Waals surface area contributed by atoms with Crippen LogP contribution < -0.4 is 0 Å². The van der Waals surface area contributed by atoms with Gasteiger partial charge in [0.05, 0.1) is 11.0 Å². The van der Waals surface area contributed by atoms with Crippen molar-refractivity contribution in [3.8, 4) is 33.8 Å². The summed E-state index contributed by atoms with van der Waals surface area (Å²) in [5, 5.41) is 7.14. The van der Waals surface area contributed by atoms with E-state index in [-0.39, 0.29) is 0 Å². The fourth-order valence-electron chi connectivity index (χ4n) is 7.66. The second-order valence-corrected chi connectivity index (χ2v) is 13.5. The van der Waals surface area contributed by atoms with Crippen LogP contribution in [0.1, 0.15) is 0 Å². The molecule has 0 saturated heterocycles. The number of fused-ring (bicyclic) bond motifs is 13. The monoisotopic (exact) mass is 643 g/mol. The maximum absolute atomic E-state index is 6.40. The summed E-state index contributed by atoms with van der Waals surface area (Å²) >= 11 is 1.85. The molecule has 11 rings (SSSR count). The molecule has 0 radical (unpaired) electrons. The molecule has 0 amide bonds. The molecule has 0 spiro atoms. The second kappa shape index (κ2) is 10.1. The Morgan fingerprint density at radius 2 is 1.22 bits per heavy atom. The maximum atomic E-state index is 6.40. The molecule has 4 nitrogen and oxygen atoms in total. The van der Waals surface area contributed by atoms with Gasteiger partial charge in [-0.1, -0.05) is 121 Å². The van der Waals surface area contributed by atoms with Crippen molar-refractivity contribution in [1.82, 2.24) is 14.4 Å². The zero-order valence-electron chi connectivity index (χ0n) is 26.1. The molecule has 0 unspecified atom stereocenters. The third-order valence-electron chi connectivity index (χ3n) is 9.79. The number of thiophene rings is 1. The van der Waals surface area contributed by atoms with Crippen LogP contribution in [0.25, 0.3) is 103 Å². The number of nitrogens with zero attached hydrogens (tertiary/aromatic N) is 3. The Bertz CT molecular complexity index is 3100. The zero-order valence-corrected chi connectivity index (χ0v) is 26.9. The van der Waals surface area contributed by atoms with Crippen molar-refractivity contribution in [2.45, 2.75) is 0 Å². The highest BCUT2D eigenvalue weighted by atomic mass is 32.1. The van der Waals surface area contributed by atoms with E-state index < -0.39 is 0 Å². The highest BCUT2D eigenvalue weighted by molar-refractivity contribution is 7.25. The van der Waals surface area contributed by atoms with Crippen LogP contribution >= 0.6 is 11.3 Å². The van der Waals surface area contributed by atoms with Gasteiger partial charge >= 0.3 is 0 Å². The fourth-order valence-corrected chi connectivity index (χ4v) is 8.90. The number of para-hydroxylation sites is 2. The molecule has 0 saturated carbocycles. The molecule has 11 aromatic rings. The van der Waals surface area contributed by atoms with Crippen LogP contribution in [0.15, 0.2) is 156 Å². The van der Waals surface area contributed by atoms with Gasteiger partial charge in [0.1, 0.15) is 21.6 Å². The van der Waals surface area contributed by atoms with Gasteiger partial charge in [0.15, 0.2) is 11.4 Å². The van der Waals surface area contributed by atoms with Crippen molar-refractivity contribution in [1.29, 1.82) is 0 Å². The molecule has 49 heavy (non-hydrogen) atoms. The summed E-state index contributed by atoms with van der Waals surface area (Å²) in [5.74, 6) is 0.677. The highest BCUT2D eigenvalue weighted by Crippen LogP contribution is 2.47. The average Bonchev–Trinajstić information content (AvgIpc) is 3.85. The van der Waals surface area contributed by atoms with E-state index in [9.17, 15) is 0 Å². The topological polar surface area (TPSA) is 43.3 Å². The summed E-state index contributed by atoms with van der Waals surface area (Å²) in [7, 11) is 0. The molecule has 0 atom stereocenters. The molecule has 0 bridgehead atoms. The minimum Gasteiger partial charge on any atom is -0.452 e. The Kier molecular flexibility index (Phi) is 5.51. The smallest absolute Gasteiger partial charge is 0.180 e. The first kappa shape index (κ1) is 26.7. The molecule has 0 fully saturated rings. The number of hydrogen-bond acceptors (Lipinski definition) is 4. The Morgan fingerprint density at radius 3 is 2.06 bits per heavy atom. The van der Waals surface area contributed by atoms with Crippen LogP contribution in [0.3, 0.4) is 0 Å². The molecule has 5 heteroatoms. The van der Waals surface area contributed by atoms with Crippen molar-refractivity contribution in [2.75, 3.05) is 0 Å². The van der Waals surface area contributed by atoms with E-state index in [0.29, 0.717) is 11.4 Å². The molecule has 0 aliphatic heterocycles. The summed E-state index contributed by atoms with van der Waals surface area (Å²) in [6.07, 6.45) is 0. The van der Waals surface area contributed by atoms with Crippen molar-refractivity contribution in [3.63, 3.8) is 0 Å². The maximum Gasteiger partial charge on any atom is 0.180 e. The van der Waals surface area contributed by atoms with E-state index >= 15 is 0 Å². The van der Waals surface area contributed by atoms with Gasteiger partial charge in [-0.05, 0) is 41.3 Å². The van der Waals surface area contributed by atoms with Gasteiger partial charge in [0.2, 0.25) is 0 Å². The number of pyridine rings is 1. The van der Waals surface area contributed by atoms with Crippen molar-refractivity contribution >= 4 is 80.9 Å². The van der Waals surface area contributed by atoms with Gasteiger partial charge in [0, 0.05) is 48.3 Å². The van der Waals surface area contributed by atoms with Crippen LogP contribution in [0.2, 0.25) is 0 Å². The molecular formula is C44H25N3OS. The summed E-state index contributed by atoms with van der Waals surface area (Å²) in [4.78, 5) is 11.7. The Balaban J connectivity index is 1.30. The normalized spacial score (nSPS) is 12.1. The standard InChI is InChI=1S/C44H25N3OS/c1-3-13-26(14-4-1)37-30-17-7-10-20-34(30)47-41(37)29-24-23-28(25-33(29)38-32-19-9-12-22-36(32)49-44(38)47)43-45-39(27-15-5-2-6-16-27)42-40(46-43)31-18-8-11-21-35(31)48-42/h1-25H. The summed E-state index contributed by atoms with van der Waals surface area (Å²) < 4.78 is 10.2. The molecule has 5 aromatic heterocycles. The number of aromatic nitrogens is 3. The summed E-state index contributed by atoms with van der Waals surface area (Å²) in [5.41, 5.74) is 9.99. The minimum atomic E-state index is 0.677. The van der Waals surface area contributed by atoms with Gasteiger partial charge in [-0.3, -0.25) is 4.40 Å². The van der Waals surface area contributed by atoms with Crippen molar-refractivity contribution < 1.29 is 4.42 Å². The number of hydrogen-bond donors (Lipinski definition) is 0. The van der Waals surface area contributed by atoms with E-state index in [4.69, 9.17) is 14.4 Å². The molecule has 0 N–H and O–H groups in total. The van der Waals surface area contributed by atoms with Gasteiger partial charge in [-0.15, -0.1) is 11.3 Å². The lowest BCUT2D eigenvalue weighted by Gasteiger charge is -2.11. The largest absolute Gasteiger partial charge is 0.452 e. The van der Waals surface area contributed by atoms with Gasteiger partial charge < -0.3 is 4.42 Å². The Morgan fingerprint density at radius 1 is 0.531 bits per heavy atom. The SMILES string of the molecule is c1ccc(-c2nc(-c3ccc4c(c3)c3c5ccccc5sc3n3c5ccccc5c(-c5ccccc5)c43)nc3c2oc2ccccc23)cc1. The van der Waals surface area contributed by atoms with Gasteiger partial charge in [0.25, 0.3) is 0 Å². The summed E-state index contributed by atoms with van der Waals surface area (Å²) in [6.45, 7) is 0. The van der Waals surface area contributed by atoms with Gasteiger partial charge in [-0.25, -0.2) is 9.97 Å². The average molecular weight is 644 g/mol. The van der Waals surface area contributed by atoms with Crippen LogP contribution in [0.5, 0.6) is 0 Å². The molecular weight excluding hydrogens is 619 g/mol. The van der Waals surface area contributed by atoms with E-state index in [0.717, 1.165) is 33.3 Å². The lowest BCUT2D eigenvalue weighted by atomic mass is 9.97. The fraction of sp³-hybridized carbons (Fsp3) is 0. The quantitative estimate of drug-likeness (QED) is 0.192. The predicted molar refractivity (Wildman–Crippen MR) is 204 cm³/mol. The van der Waals surface area contributed by atoms with Gasteiger partial charge in [-0.2, -0.15) is 0 Å². The number of furan rings is 1. The molecule has 5 heterocycles. The van der Waals surface area contributed by atoms with Crippen molar-refractivity contribution in [2.24, 2.45) is 0 Å². The first-order chi connectivity index (χ1) is 24.3. The van der Waals surface area contributed by atoms with E-state index in [1.54, 1.807) is 0 Å². The highest BCUT2D eigenvalue weighted by Gasteiger charge is 2.23. The van der Waals surface area contributed by atoms with Crippen LogP contribution in [-0.2, 0) is 0 Å².